The molecule has 3 heteroatoms. The first-order chi connectivity index (χ1) is 8.81. The fraction of sp³-hybridized carbons (Fsp3) is 0.600. The summed E-state index contributed by atoms with van der Waals surface area (Å²) in [5.74, 6) is 1.55. The second-order valence-corrected chi connectivity index (χ2v) is 4.24. The summed E-state index contributed by atoms with van der Waals surface area (Å²) in [5.41, 5.74) is 1.31. The Hall–Kier alpha value is -1.06. The Morgan fingerprint density at radius 2 is 2.06 bits per heavy atom. The van der Waals surface area contributed by atoms with Crippen LogP contribution in [-0.4, -0.2) is 31.9 Å². The molecular weight excluding hydrogens is 226 g/mol. The normalized spacial score (nSPS) is 19.0. The summed E-state index contributed by atoms with van der Waals surface area (Å²) in [6.07, 6.45) is 1.13. The molecule has 1 aliphatic heterocycles. The fourth-order valence-corrected chi connectivity index (χ4v) is 2.00. The summed E-state index contributed by atoms with van der Waals surface area (Å²) in [6.45, 7) is 8.73. The molecule has 1 aromatic rings. The molecule has 1 atom stereocenters. The third-order valence-electron chi connectivity index (χ3n) is 3.03. The number of rotatable bonds is 3. The molecule has 0 saturated carbocycles. The Labute approximate surface area is 111 Å². The monoisotopic (exact) mass is 251 g/mol. The number of hydrogen-bond acceptors (Lipinski definition) is 3. The van der Waals surface area contributed by atoms with E-state index in [9.17, 15) is 0 Å². The zero-order valence-electron chi connectivity index (χ0n) is 12.0. The molecule has 0 aromatic heterocycles. The Bertz CT molecular complexity index is 341. The predicted octanol–water partition coefficient (Wildman–Crippen LogP) is 3.46. The number of nitrogens with zero attached hydrogens (tertiary/aromatic N) is 1. The van der Waals surface area contributed by atoms with Crippen molar-refractivity contribution in [3.8, 4) is 5.75 Å². The summed E-state index contributed by atoms with van der Waals surface area (Å²) in [7, 11) is 1.72. The van der Waals surface area contributed by atoms with Gasteiger partial charge in [-0.15, -0.1) is 5.06 Å². The number of hydrogen-bond donors (Lipinski definition) is 0. The van der Waals surface area contributed by atoms with Crippen molar-refractivity contribution in [2.45, 2.75) is 33.1 Å². The van der Waals surface area contributed by atoms with Gasteiger partial charge in [0.15, 0.2) is 5.75 Å². The Morgan fingerprint density at radius 1 is 1.33 bits per heavy atom. The van der Waals surface area contributed by atoms with Gasteiger partial charge in [0.2, 0.25) is 0 Å². The summed E-state index contributed by atoms with van der Waals surface area (Å²) < 4.78 is 5.08. The van der Waals surface area contributed by atoms with Crippen molar-refractivity contribution < 1.29 is 9.57 Å². The number of para-hydroxylation sites is 1. The third-order valence-corrected chi connectivity index (χ3v) is 3.03. The van der Waals surface area contributed by atoms with Gasteiger partial charge >= 0.3 is 0 Å². The molecule has 18 heavy (non-hydrogen) atoms. The highest BCUT2D eigenvalue weighted by molar-refractivity contribution is 5.36. The molecule has 1 heterocycles. The Morgan fingerprint density at radius 3 is 2.78 bits per heavy atom. The first-order valence-electron chi connectivity index (χ1n) is 6.82. The van der Waals surface area contributed by atoms with E-state index in [1.54, 1.807) is 7.11 Å². The molecule has 1 aliphatic rings. The molecule has 0 N–H and O–H groups in total. The number of ether oxygens (including phenoxy) is 1. The minimum atomic E-state index is 0.559. The van der Waals surface area contributed by atoms with E-state index in [-0.39, 0.29) is 0 Å². The Kier molecular flexibility index (Phi) is 6.76. The van der Waals surface area contributed by atoms with Crippen LogP contribution in [0, 0.1) is 0 Å². The van der Waals surface area contributed by atoms with Gasteiger partial charge in [0.1, 0.15) is 0 Å². The van der Waals surface area contributed by atoms with Crippen LogP contribution in [0.1, 0.15) is 38.7 Å². The van der Waals surface area contributed by atoms with E-state index >= 15 is 0 Å². The van der Waals surface area contributed by atoms with Gasteiger partial charge in [0, 0.05) is 13.7 Å². The number of methoxy groups -OCH3 is 1. The molecule has 0 fully saturated rings. The van der Waals surface area contributed by atoms with Crippen LogP contribution in [0.4, 0.5) is 0 Å². The third kappa shape index (κ3) is 4.00. The van der Waals surface area contributed by atoms with E-state index in [0.29, 0.717) is 12.5 Å². The number of fused-ring (bicyclic) bond motifs is 1. The lowest BCUT2D eigenvalue weighted by Crippen LogP contribution is -2.31. The van der Waals surface area contributed by atoms with Gasteiger partial charge in [0.05, 0.1) is 13.2 Å². The molecule has 102 valence electrons. The highest BCUT2D eigenvalue weighted by atomic mass is 16.7. The van der Waals surface area contributed by atoms with Gasteiger partial charge in [-0.3, -0.25) is 0 Å². The van der Waals surface area contributed by atoms with E-state index in [0.717, 1.165) is 25.3 Å². The van der Waals surface area contributed by atoms with Gasteiger partial charge in [-0.05, 0) is 24.0 Å². The van der Waals surface area contributed by atoms with E-state index in [2.05, 4.69) is 19.1 Å². The van der Waals surface area contributed by atoms with Crippen LogP contribution in [0.2, 0.25) is 0 Å². The lowest BCUT2D eigenvalue weighted by Gasteiger charge is -2.19. The van der Waals surface area contributed by atoms with E-state index < -0.39 is 0 Å². The highest BCUT2D eigenvalue weighted by Gasteiger charge is 2.19. The second kappa shape index (κ2) is 8.11. The number of benzene rings is 1. The topological polar surface area (TPSA) is 21.7 Å². The van der Waals surface area contributed by atoms with Crippen molar-refractivity contribution in [1.29, 1.82) is 0 Å². The Balaban J connectivity index is 0.000000771. The second-order valence-electron chi connectivity index (χ2n) is 4.24. The molecule has 2 rings (SSSR count). The summed E-state index contributed by atoms with van der Waals surface area (Å²) in [6, 6.07) is 8.28. The average Bonchev–Trinajstić information content (AvgIpc) is 2.59. The zero-order chi connectivity index (χ0) is 13.4. The maximum Gasteiger partial charge on any atom is 0.150 e. The van der Waals surface area contributed by atoms with Crippen molar-refractivity contribution in [2.24, 2.45) is 0 Å². The molecule has 0 amide bonds. The van der Waals surface area contributed by atoms with Crippen LogP contribution in [-0.2, 0) is 4.74 Å². The minimum Gasteiger partial charge on any atom is -0.406 e. The average molecular weight is 251 g/mol. The fourth-order valence-electron chi connectivity index (χ4n) is 2.00. The van der Waals surface area contributed by atoms with E-state index in [1.807, 2.05) is 31.0 Å². The lowest BCUT2D eigenvalue weighted by atomic mass is 9.97. The van der Waals surface area contributed by atoms with Crippen LogP contribution >= 0.6 is 0 Å². The van der Waals surface area contributed by atoms with Gasteiger partial charge in [-0.25, -0.2) is 0 Å². The van der Waals surface area contributed by atoms with Crippen molar-refractivity contribution in [1.82, 2.24) is 5.06 Å². The maximum atomic E-state index is 5.88. The van der Waals surface area contributed by atoms with Gasteiger partial charge in [-0.1, -0.05) is 39.0 Å². The lowest BCUT2D eigenvalue weighted by molar-refractivity contribution is -0.0682. The van der Waals surface area contributed by atoms with Gasteiger partial charge in [-0.2, -0.15) is 0 Å². The van der Waals surface area contributed by atoms with Gasteiger partial charge in [0.25, 0.3) is 0 Å². The molecule has 0 aliphatic carbocycles. The van der Waals surface area contributed by atoms with Crippen molar-refractivity contribution >= 4 is 0 Å². The highest BCUT2D eigenvalue weighted by Crippen LogP contribution is 2.31. The van der Waals surface area contributed by atoms with E-state index in [1.165, 1.54) is 5.56 Å². The maximum absolute atomic E-state index is 5.88. The smallest absolute Gasteiger partial charge is 0.150 e. The first kappa shape index (κ1) is 15.0. The van der Waals surface area contributed by atoms with Crippen LogP contribution in [0.25, 0.3) is 0 Å². The summed E-state index contributed by atoms with van der Waals surface area (Å²) in [4.78, 5) is 5.88. The first-order valence-corrected chi connectivity index (χ1v) is 6.82. The van der Waals surface area contributed by atoms with Crippen LogP contribution in [0.3, 0.4) is 0 Å². The predicted molar refractivity (Wildman–Crippen MR) is 74.9 cm³/mol. The van der Waals surface area contributed by atoms with Crippen LogP contribution in [0.5, 0.6) is 5.75 Å². The van der Waals surface area contributed by atoms with Gasteiger partial charge < -0.3 is 9.57 Å². The zero-order valence-corrected chi connectivity index (χ0v) is 12.0. The SMILES string of the molecule is CC.COCCN1CCC(C)c2ccccc2O1. The molecule has 0 bridgehead atoms. The molecule has 1 aromatic carbocycles. The largest absolute Gasteiger partial charge is 0.406 e. The van der Waals surface area contributed by atoms with Crippen molar-refractivity contribution in [3.05, 3.63) is 29.8 Å². The van der Waals surface area contributed by atoms with Crippen LogP contribution in [0.15, 0.2) is 24.3 Å². The van der Waals surface area contributed by atoms with Crippen molar-refractivity contribution in [3.63, 3.8) is 0 Å². The molecular formula is C15H25NO2. The van der Waals surface area contributed by atoms with Crippen molar-refractivity contribution in [2.75, 3.05) is 26.8 Å². The molecule has 0 radical (unpaired) electrons. The molecule has 0 spiro atoms. The minimum absolute atomic E-state index is 0.559. The molecule has 1 unspecified atom stereocenters. The quantitative estimate of drug-likeness (QED) is 0.821. The summed E-state index contributed by atoms with van der Waals surface area (Å²) >= 11 is 0. The molecule has 0 saturated heterocycles. The van der Waals surface area contributed by atoms with Crippen LogP contribution < -0.4 is 4.84 Å². The standard InChI is InChI=1S/C13H19NO2.C2H6/c1-11-7-8-14(9-10-15-2)16-13-6-4-3-5-12(11)13;1-2/h3-6,11H,7-10H2,1-2H3;1-2H3. The molecule has 3 nitrogen and oxygen atoms in total. The number of hydroxylamine groups is 2. The van der Waals surface area contributed by atoms with E-state index in [4.69, 9.17) is 9.57 Å². The summed E-state index contributed by atoms with van der Waals surface area (Å²) in [5, 5.41) is 1.99.